The number of nitrogens with one attached hydrogen (secondary N) is 1. The lowest BCUT2D eigenvalue weighted by Gasteiger charge is -2.41. The van der Waals surface area contributed by atoms with Crippen LogP contribution in [0.1, 0.15) is 39.5 Å². The first-order valence-electron chi connectivity index (χ1n) is 6.91. The van der Waals surface area contributed by atoms with Crippen LogP contribution in [0.15, 0.2) is 0 Å². The van der Waals surface area contributed by atoms with Crippen LogP contribution in [-0.4, -0.2) is 48.7 Å². The minimum atomic E-state index is -0.167. The van der Waals surface area contributed by atoms with E-state index in [-0.39, 0.29) is 12.0 Å². The summed E-state index contributed by atoms with van der Waals surface area (Å²) < 4.78 is 5.52. The summed E-state index contributed by atoms with van der Waals surface area (Å²) in [6.07, 6.45) is 3.85. The van der Waals surface area contributed by atoms with Crippen LogP contribution >= 0.6 is 0 Å². The molecule has 0 aromatic rings. The summed E-state index contributed by atoms with van der Waals surface area (Å²) in [6, 6.07) is 0.789. The largest absolute Gasteiger partial charge is 0.368 e. The van der Waals surface area contributed by atoms with E-state index >= 15 is 0 Å². The number of ether oxygens (including phenoxy) is 1. The SMILES string of the molecule is CCC1CN(C(=O)C2CCCO2)C(CC)CN1. The molecular formula is C13H24N2O2. The van der Waals surface area contributed by atoms with Crippen molar-refractivity contribution in [3.05, 3.63) is 0 Å². The van der Waals surface area contributed by atoms with Gasteiger partial charge in [0.15, 0.2) is 0 Å². The second-order valence-corrected chi connectivity index (χ2v) is 5.07. The number of hydrogen-bond donors (Lipinski definition) is 1. The van der Waals surface area contributed by atoms with Gasteiger partial charge in [-0.25, -0.2) is 0 Å². The van der Waals surface area contributed by atoms with E-state index in [4.69, 9.17) is 4.74 Å². The second-order valence-electron chi connectivity index (χ2n) is 5.07. The monoisotopic (exact) mass is 240 g/mol. The molecule has 0 saturated carbocycles. The third-order valence-electron chi connectivity index (χ3n) is 3.95. The van der Waals surface area contributed by atoms with Crippen molar-refractivity contribution in [3.8, 4) is 0 Å². The third-order valence-corrected chi connectivity index (χ3v) is 3.95. The number of piperazine rings is 1. The Morgan fingerprint density at radius 2 is 2.24 bits per heavy atom. The molecule has 17 heavy (non-hydrogen) atoms. The van der Waals surface area contributed by atoms with E-state index in [0.29, 0.717) is 12.1 Å². The topological polar surface area (TPSA) is 41.6 Å². The summed E-state index contributed by atoms with van der Waals surface area (Å²) in [5, 5.41) is 3.51. The van der Waals surface area contributed by atoms with Crippen molar-refractivity contribution in [1.82, 2.24) is 10.2 Å². The molecule has 2 fully saturated rings. The molecule has 2 aliphatic heterocycles. The lowest BCUT2D eigenvalue weighted by molar-refractivity contribution is -0.145. The van der Waals surface area contributed by atoms with Crippen molar-refractivity contribution in [2.24, 2.45) is 0 Å². The summed E-state index contributed by atoms with van der Waals surface area (Å²) in [7, 11) is 0. The van der Waals surface area contributed by atoms with Gasteiger partial charge in [0.2, 0.25) is 0 Å². The first-order chi connectivity index (χ1) is 8.26. The number of nitrogens with zero attached hydrogens (tertiary/aromatic N) is 1. The van der Waals surface area contributed by atoms with Crippen molar-refractivity contribution in [2.45, 2.75) is 57.7 Å². The molecule has 2 saturated heterocycles. The average molecular weight is 240 g/mol. The molecule has 3 atom stereocenters. The van der Waals surface area contributed by atoms with E-state index < -0.39 is 0 Å². The molecule has 0 radical (unpaired) electrons. The summed E-state index contributed by atoms with van der Waals surface area (Å²) in [5.41, 5.74) is 0. The van der Waals surface area contributed by atoms with Gasteiger partial charge >= 0.3 is 0 Å². The van der Waals surface area contributed by atoms with Crippen LogP contribution in [0.4, 0.5) is 0 Å². The highest BCUT2D eigenvalue weighted by atomic mass is 16.5. The van der Waals surface area contributed by atoms with Gasteiger partial charge < -0.3 is 15.0 Å². The van der Waals surface area contributed by atoms with E-state index in [1.165, 1.54) is 0 Å². The second kappa shape index (κ2) is 5.83. The van der Waals surface area contributed by atoms with Crippen LogP contribution in [0.25, 0.3) is 0 Å². The molecule has 2 heterocycles. The van der Waals surface area contributed by atoms with Gasteiger partial charge in [-0.05, 0) is 25.7 Å². The molecule has 0 aliphatic carbocycles. The molecule has 0 aromatic carbocycles. The third kappa shape index (κ3) is 2.80. The van der Waals surface area contributed by atoms with Crippen LogP contribution in [0.5, 0.6) is 0 Å². The van der Waals surface area contributed by atoms with Gasteiger partial charge in [0.25, 0.3) is 5.91 Å². The Hall–Kier alpha value is -0.610. The number of carbonyl (C=O) groups is 1. The zero-order valence-corrected chi connectivity index (χ0v) is 10.9. The van der Waals surface area contributed by atoms with Crippen molar-refractivity contribution < 1.29 is 9.53 Å². The molecule has 2 rings (SSSR count). The lowest BCUT2D eigenvalue weighted by atomic mass is 10.0. The number of carbonyl (C=O) groups excluding carboxylic acids is 1. The molecule has 0 spiro atoms. The molecule has 4 nitrogen and oxygen atoms in total. The molecular weight excluding hydrogens is 216 g/mol. The summed E-state index contributed by atoms with van der Waals surface area (Å²) >= 11 is 0. The molecule has 3 unspecified atom stereocenters. The maximum absolute atomic E-state index is 12.4. The van der Waals surface area contributed by atoms with Crippen molar-refractivity contribution in [2.75, 3.05) is 19.7 Å². The van der Waals surface area contributed by atoms with Crippen LogP contribution in [0.2, 0.25) is 0 Å². The molecule has 1 N–H and O–H groups in total. The average Bonchev–Trinajstić information content (AvgIpc) is 2.91. The van der Waals surface area contributed by atoms with Crippen LogP contribution in [-0.2, 0) is 9.53 Å². The molecule has 98 valence electrons. The highest BCUT2D eigenvalue weighted by Crippen LogP contribution is 2.19. The minimum Gasteiger partial charge on any atom is -0.368 e. The maximum atomic E-state index is 12.4. The first-order valence-corrected chi connectivity index (χ1v) is 6.91. The van der Waals surface area contributed by atoms with Gasteiger partial charge in [-0.2, -0.15) is 0 Å². The van der Waals surface area contributed by atoms with Crippen molar-refractivity contribution >= 4 is 5.91 Å². The maximum Gasteiger partial charge on any atom is 0.252 e. The summed E-state index contributed by atoms with van der Waals surface area (Å²) in [6.45, 7) is 6.82. The van der Waals surface area contributed by atoms with E-state index in [2.05, 4.69) is 24.1 Å². The van der Waals surface area contributed by atoms with Gasteiger partial charge in [0.1, 0.15) is 6.10 Å². The molecule has 4 heteroatoms. The fraction of sp³-hybridized carbons (Fsp3) is 0.923. The number of amides is 1. The van der Waals surface area contributed by atoms with E-state index in [0.717, 1.165) is 45.4 Å². The molecule has 2 aliphatic rings. The Bertz CT molecular complexity index is 264. The van der Waals surface area contributed by atoms with Gasteiger partial charge in [0.05, 0.1) is 0 Å². The minimum absolute atomic E-state index is 0.167. The highest BCUT2D eigenvalue weighted by Gasteiger charge is 2.35. The van der Waals surface area contributed by atoms with Gasteiger partial charge in [-0.15, -0.1) is 0 Å². The molecule has 0 bridgehead atoms. The van der Waals surface area contributed by atoms with Crippen LogP contribution in [0, 0.1) is 0 Å². The predicted octanol–water partition coefficient (Wildman–Crippen LogP) is 1.15. The normalized spacial score (nSPS) is 34.0. The van der Waals surface area contributed by atoms with Gasteiger partial charge in [-0.3, -0.25) is 4.79 Å². The van der Waals surface area contributed by atoms with Crippen LogP contribution < -0.4 is 5.32 Å². The van der Waals surface area contributed by atoms with Crippen molar-refractivity contribution in [3.63, 3.8) is 0 Å². The smallest absolute Gasteiger partial charge is 0.252 e. The molecule has 1 amide bonds. The van der Waals surface area contributed by atoms with E-state index in [9.17, 15) is 4.79 Å². The number of rotatable bonds is 3. The Morgan fingerprint density at radius 3 is 2.82 bits per heavy atom. The number of hydrogen-bond acceptors (Lipinski definition) is 3. The zero-order valence-electron chi connectivity index (χ0n) is 10.9. The fourth-order valence-corrected chi connectivity index (χ4v) is 2.73. The highest BCUT2D eigenvalue weighted by molar-refractivity contribution is 5.81. The fourth-order valence-electron chi connectivity index (χ4n) is 2.73. The Labute approximate surface area is 104 Å². The van der Waals surface area contributed by atoms with E-state index in [1.807, 2.05) is 0 Å². The predicted molar refractivity (Wildman–Crippen MR) is 66.8 cm³/mol. The van der Waals surface area contributed by atoms with Gasteiger partial charge in [-0.1, -0.05) is 13.8 Å². The lowest BCUT2D eigenvalue weighted by Crippen LogP contribution is -2.59. The summed E-state index contributed by atoms with van der Waals surface area (Å²) in [4.78, 5) is 14.5. The Balaban J connectivity index is 2.00. The summed E-state index contributed by atoms with van der Waals surface area (Å²) in [5.74, 6) is 0.217. The standard InChI is InChI=1S/C13H24N2O2/c1-3-10-9-15(11(4-2)8-14-10)13(16)12-6-5-7-17-12/h10-12,14H,3-9H2,1-2H3. The quantitative estimate of drug-likeness (QED) is 0.804. The van der Waals surface area contributed by atoms with Crippen molar-refractivity contribution in [1.29, 1.82) is 0 Å². The zero-order chi connectivity index (χ0) is 12.3. The van der Waals surface area contributed by atoms with E-state index in [1.54, 1.807) is 0 Å². The Kier molecular flexibility index (Phi) is 4.40. The van der Waals surface area contributed by atoms with Gasteiger partial charge in [0, 0.05) is 31.8 Å². The Morgan fingerprint density at radius 1 is 1.41 bits per heavy atom. The first kappa shape index (κ1) is 12.8. The van der Waals surface area contributed by atoms with Crippen LogP contribution in [0.3, 0.4) is 0 Å². The molecule has 0 aromatic heterocycles.